The minimum atomic E-state index is 0.118. The topological polar surface area (TPSA) is 32.5 Å². The number of benzene rings is 1. The van der Waals surface area contributed by atoms with Crippen LogP contribution in [0.25, 0.3) is 0 Å². The summed E-state index contributed by atoms with van der Waals surface area (Å²) in [5.74, 6) is 0. The molecule has 1 aliphatic rings. The zero-order valence-corrected chi connectivity index (χ0v) is 12.4. The second kappa shape index (κ2) is 6.51. The lowest BCUT2D eigenvalue weighted by Gasteiger charge is -2.32. The van der Waals surface area contributed by atoms with Crippen molar-refractivity contribution >= 4 is 0 Å². The van der Waals surface area contributed by atoms with Gasteiger partial charge < -0.3 is 10.6 Å². The lowest BCUT2D eigenvalue weighted by Crippen LogP contribution is -2.42. The van der Waals surface area contributed by atoms with Crippen LogP contribution < -0.4 is 5.73 Å². The van der Waals surface area contributed by atoms with Gasteiger partial charge in [0.05, 0.1) is 0 Å². The Morgan fingerprint density at radius 2 is 2.00 bits per heavy atom. The van der Waals surface area contributed by atoms with E-state index in [4.69, 9.17) is 5.73 Å². The van der Waals surface area contributed by atoms with Gasteiger partial charge in [0.15, 0.2) is 0 Å². The Balaban J connectivity index is 2.04. The lowest BCUT2D eigenvalue weighted by molar-refractivity contribution is 0.186. The summed E-state index contributed by atoms with van der Waals surface area (Å²) in [6.07, 6.45) is 2.36. The molecule has 1 aliphatic heterocycles. The summed E-state index contributed by atoms with van der Waals surface area (Å²) in [6, 6.07) is 11.7. The van der Waals surface area contributed by atoms with Gasteiger partial charge in [-0.05, 0) is 32.5 Å². The first kappa shape index (κ1) is 14.5. The van der Waals surface area contributed by atoms with Gasteiger partial charge in [-0.15, -0.1) is 0 Å². The zero-order valence-electron chi connectivity index (χ0n) is 12.4. The molecular formula is C16H27N3. The third-order valence-corrected chi connectivity index (χ3v) is 4.41. The van der Waals surface area contributed by atoms with Gasteiger partial charge >= 0.3 is 0 Å². The molecule has 1 saturated heterocycles. The standard InChI is InChI=1S/C16H27N3/c1-4-15(16(17)13-8-6-5-7-9-13)19-11-10-14(12-19)18(2)3/h5-9,14-16H,4,10-12,17H2,1-3H3. The highest BCUT2D eigenvalue weighted by atomic mass is 15.3. The van der Waals surface area contributed by atoms with Gasteiger partial charge in [-0.1, -0.05) is 37.3 Å². The predicted molar refractivity (Wildman–Crippen MR) is 81.1 cm³/mol. The highest BCUT2D eigenvalue weighted by molar-refractivity contribution is 5.20. The van der Waals surface area contributed by atoms with E-state index < -0.39 is 0 Å². The molecule has 0 aliphatic carbocycles. The average Bonchev–Trinajstić information content (AvgIpc) is 2.90. The highest BCUT2D eigenvalue weighted by Gasteiger charge is 2.31. The number of hydrogen-bond acceptors (Lipinski definition) is 3. The van der Waals surface area contributed by atoms with Gasteiger partial charge in [0.2, 0.25) is 0 Å². The number of nitrogens with two attached hydrogens (primary N) is 1. The molecule has 3 nitrogen and oxygen atoms in total. The van der Waals surface area contributed by atoms with Crippen molar-refractivity contribution < 1.29 is 0 Å². The molecule has 0 bridgehead atoms. The Bertz CT molecular complexity index is 377. The highest BCUT2D eigenvalue weighted by Crippen LogP contribution is 2.25. The summed E-state index contributed by atoms with van der Waals surface area (Å²) >= 11 is 0. The lowest BCUT2D eigenvalue weighted by atomic mass is 9.97. The van der Waals surface area contributed by atoms with Crippen molar-refractivity contribution in [2.45, 2.75) is 37.9 Å². The van der Waals surface area contributed by atoms with Gasteiger partial charge in [0.25, 0.3) is 0 Å². The van der Waals surface area contributed by atoms with Crippen LogP contribution in [-0.2, 0) is 0 Å². The molecule has 0 aromatic heterocycles. The van der Waals surface area contributed by atoms with E-state index in [-0.39, 0.29) is 6.04 Å². The maximum absolute atomic E-state index is 6.50. The maximum atomic E-state index is 6.50. The third kappa shape index (κ3) is 3.35. The van der Waals surface area contributed by atoms with Crippen LogP contribution >= 0.6 is 0 Å². The summed E-state index contributed by atoms with van der Waals surface area (Å²) in [6.45, 7) is 4.56. The molecule has 1 heterocycles. The van der Waals surface area contributed by atoms with E-state index >= 15 is 0 Å². The van der Waals surface area contributed by atoms with E-state index in [0.29, 0.717) is 12.1 Å². The largest absolute Gasteiger partial charge is 0.323 e. The Morgan fingerprint density at radius 3 is 2.53 bits per heavy atom. The van der Waals surface area contributed by atoms with Crippen LogP contribution in [-0.4, -0.2) is 49.1 Å². The Labute approximate surface area is 117 Å². The molecule has 1 fully saturated rings. The van der Waals surface area contributed by atoms with E-state index in [9.17, 15) is 0 Å². The van der Waals surface area contributed by atoms with Crippen molar-refractivity contribution in [2.24, 2.45) is 5.73 Å². The van der Waals surface area contributed by atoms with E-state index in [2.05, 4.69) is 61.2 Å². The molecule has 1 aromatic carbocycles. The molecule has 3 atom stereocenters. The molecule has 3 heteroatoms. The molecule has 0 saturated carbocycles. The normalized spacial score (nSPS) is 23.7. The number of rotatable bonds is 5. The van der Waals surface area contributed by atoms with Crippen molar-refractivity contribution in [1.82, 2.24) is 9.80 Å². The van der Waals surface area contributed by atoms with Crippen LogP contribution in [0.3, 0.4) is 0 Å². The van der Waals surface area contributed by atoms with Crippen LogP contribution in [0.15, 0.2) is 30.3 Å². The average molecular weight is 261 g/mol. The molecule has 0 spiro atoms. The van der Waals surface area contributed by atoms with Crippen molar-refractivity contribution in [1.29, 1.82) is 0 Å². The summed E-state index contributed by atoms with van der Waals surface area (Å²) in [5, 5.41) is 0. The van der Waals surface area contributed by atoms with Crippen molar-refractivity contribution in [2.75, 3.05) is 27.2 Å². The number of hydrogen-bond donors (Lipinski definition) is 1. The maximum Gasteiger partial charge on any atom is 0.0453 e. The van der Waals surface area contributed by atoms with Crippen LogP contribution in [0.5, 0.6) is 0 Å². The number of likely N-dealkylation sites (N-methyl/N-ethyl adjacent to an activating group) is 1. The quantitative estimate of drug-likeness (QED) is 0.881. The van der Waals surface area contributed by atoms with Gasteiger partial charge in [-0.25, -0.2) is 0 Å². The predicted octanol–water partition coefficient (Wildman–Crippen LogP) is 2.10. The number of nitrogens with zero attached hydrogens (tertiary/aromatic N) is 2. The molecule has 2 rings (SSSR count). The Morgan fingerprint density at radius 1 is 1.32 bits per heavy atom. The molecule has 19 heavy (non-hydrogen) atoms. The minimum absolute atomic E-state index is 0.118. The Kier molecular flexibility index (Phi) is 4.97. The van der Waals surface area contributed by atoms with E-state index in [1.165, 1.54) is 18.5 Å². The fourth-order valence-corrected chi connectivity index (χ4v) is 3.13. The second-order valence-corrected chi connectivity index (χ2v) is 5.81. The molecule has 2 N–H and O–H groups in total. The molecule has 0 radical (unpaired) electrons. The molecule has 1 aromatic rings. The van der Waals surface area contributed by atoms with Gasteiger partial charge in [-0.2, -0.15) is 0 Å². The first-order chi connectivity index (χ1) is 9.13. The fourth-order valence-electron chi connectivity index (χ4n) is 3.13. The van der Waals surface area contributed by atoms with Gasteiger partial charge in [-0.3, -0.25) is 4.90 Å². The molecule has 3 unspecified atom stereocenters. The molecule has 0 amide bonds. The van der Waals surface area contributed by atoms with E-state index in [0.717, 1.165) is 13.0 Å². The fraction of sp³-hybridized carbons (Fsp3) is 0.625. The van der Waals surface area contributed by atoms with Crippen LogP contribution in [0.1, 0.15) is 31.4 Å². The first-order valence-electron chi connectivity index (χ1n) is 7.34. The monoisotopic (exact) mass is 261 g/mol. The van der Waals surface area contributed by atoms with E-state index in [1.807, 2.05) is 0 Å². The zero-order chi connectivity index (χ0) is 13.8. The van der Waals surface area contributed by atoms with Crippen LogP contribution in [0.2, 0.25) is 0 Å². The summed E-state index contributed by atoms with van der Waals surface area (Å²) < 4.78 is 0. The summed E-state index contributed by atoms with van der Waals surface area (Å²) in [4.78, 5) is 4.91. The van der Waals surface area contributed by atoms with Crippen LogP contribution in [0.4, 0.5) is 0 Å². The van der Waals surface area contributed by atoms with E-state index in [1.54, 1.807) is 0 Å². The summed E-state index contributed by atoms with van der Waals surface area (Å²) in [7, 11) is 4.35. The SMILES string of the molecule is CCC(C(N)c1ccccc1)N1CCC(N(C)C)C1. The smallest absolute Gasteiger partial charge is 0.0453 e. The van der Waals surface area contributed by atoms with Gasteiger partial charge in [0, 0.05) is 31.2 Å². The van der Waals surface area contributed by atoms with Crippen molar-refractivity contribution in [3.8, 4) is 0 Å². The first-order valence-corrected chi connectivity index (χ1v) is 7.34. The van der Waals surface area contributed by atoms with Crippen molar-refractivity contribution in [3.05, 3.63) is 35.9 Å². The number of likely N-dealkylation sites (tertiary alicyclic amines) is 1. The van der Waals surface area contributed by atoms with Gasteiger partial charge in [0.1, 0.15) is 0 Å². The summed E-state index contributed by atoms with van der Waals surface area (Å²) in [5.41, 5.74) is 7.75. The molecule has 106 valence electrons. The Hall–Kier alpha value is -0.900. The van der Waals surface area contributed by atoms with Crippen molar-refractivity contribution in [3.63, 3.8) is 0 Å². The van der Waals surface area contributed by atoms with Crippen LogP contribution in [0, 0.1) is 0 Å². The molecular weight excluding hydrogens is 234 g/mol. The second-order valence-electron chi connectivity index (χ2n) is 5.81. The minimum Gasteiger partial charge on any atom is -0.323 e. The third-order valence-electron chi connectivity index (χ3n) is 4.41.